The first-order valence-corrected chi connectivity index (χ1v) is 10.6. The molecule has 2 heterocycles. The van der Waals surface area contributed by atoms with Gasteiger partial charge in [0.1, 0.15) is 11.6 Å². The Labute approximate surface area is 160 Å². The number of hydrogen-bond acceptors (Lipinski definition) is 6. The third-order valence-electron chi connectivity index (χ3n) is 7.35. The number of carbonyl (C=O) groups excluding carboxylic acids is 1. The highest BCUT2D eigenvalue weighted by molar-refractivity contribution is 8.00. The van der Waals surface area contributed by atoms with Gasteiger partial charge in [0, 0.05) is 43.9 Å². The molecule has 1 aromatic rings. The monoisotopic (exact) mass is 374 g/mol. The van der Waals surface area contributed by atoms with Crippen LogP contribution in [0.25, 0.3) is 0 Å². The summed E-state index contributed by atoms with van der Waals surface area (Å²) in [6.07, 6.45) is 2.17. The maximum Gasteiger partial charge on any atom is 0.190 e. The van der Waals surface area contributed by atoms with Gasteiger partial charge in [-0.25, -0.2) is 9.97 Å². The molecular weight excluding hydrogens is 344 g/mol. The average Bonchev–Trinajstić information content (AvgIpc) is 2.89. The molecule has 5 nitrogen and oxygen atoms in total. The van der Waals surface area contributed by atoms with Crippen LogP contribution in [0.2, 0.25) is 0 Å². The van der Waals surface area contributed by atoms with E-state index in [1.54, 1.807) is 11.8 Å². The second kappa shape index (κ2) is 6.20. The fraction of sp³-hybridized carbons (Fsp3) is 0.750. The first-order chi connectivity index (χ1) is 12.2. The molecule has 3 fully saturated rings. The number of aryl methyl sites for hydroxylation is 1. The minimum atomic E-state index is -0.0154. The normalized spacial score (nSPS) is 33.9. The van der Waals surface area contributed by atoms with Crippen molar-refractivity contribution >= 4 is 23.4 Å². The van der Waals surface area contributed by atoms with Gasteiger partial charge in [0.15, 0.2) is 5.16 Å². The van der Waals surface area contributed by atoms with Crippen molar-refractivity contribution in [3.8, 4) is 0 Å². The molecule has 6 heteroatoms. The summed E-state index contributed by atoms with van der Waals surface area (Å²) in [7, 11) is 2.16. The van der Waals surface area contributed by atoms with Gasteiger partial charge in [0.05, 0.1) is 5.25 Å². The van der Waals surface area contributed by atoms with Gasteiger partial charge in [-0.3, -0.25) is 4.79 Å². The number of Topliss-reactive ketones (excluding diaryl/α,β-unsaturated/α-hetero) is 1. The lowest BCUT2D eigenvalue weighted by atomic mass is 9.71. The number of anilines is 1. The van der Waals surface area contributed by atoms with Gasteiger partial charge < -0.3 is 9.80 Å². The van der Waals surface area contributed by atoms with Crippen LogP contribution < -0.4 is 4.90 Å². The lowest BCUT2D eigenvalue weighted by molar-refractivity contribution is -0.122. The second-order valence-corrected chi connectivity index (χ2v) is 10.1. The zero-order valence-electron chi connectivity index (χ0n) is 16.6. The fourth-order valence-electron chi connectivity index (χ4n) is 5.06. The van der Waals surface area contributed by atoms with Crippen molar-refractivity contribution in [2.24, 2.45) is 16.7 Å². The highest BCUT2D eigenvalue weighted by Gasteiger charge is 2.66. The van der Waals surface area contributed by atoms with Gasteiger partial charge in [0.25, 0.3) is 0 Å². The maximum absolute atomic E-state index is 13.0. The number of likely N-dealkylation sites (N-methyl/N-ethyl adjacent to an activating group) is 1. The first kappa shape index (κ1) is 18.2. The standard InChI is InChI=1S/C20H30N4OS/c1-13-12-15(24-10-8-23(5)9-11-24)22-18(21-13)26-17-16(25)14-6-7-20(17,4)19(14,2)3/h12,14,17H,6-11H2,1-5H3/t14-,17-,20-/m0/s1. The number of thioether (sulfide) groups is 1. The molecule has 1 saturated heterocycles. The zero-order chi connectivity index (χ0) is 18.7. The number of rotatable bonds is 3. The second-order valence-electron chi connectivity index (χ2n) is 9.07. The van der Waals surface area contributed by atoms with Crippen LogP contribution in [0.4, 0.5) is 5.82 Å². The molecule has 0 N–H and O–H groups in total. The van der Waals surface area contributed by atoms with Crippen molar-refractivity contribution in [3.63, 3.8) is 0 Å². The van der Waals surface area contributed by atoms with E-state index >= 15 is 0 Å². The highest BCUT2D eigenvalue weighted by atomic mass is 32.2. The van der Waals surface area contributed by atoms with Crippen molar-refractivity contribution in [2.45, 2.75) is 50.9 Å². The van der Waals surface area contributed by atoms with E-state index < -0.39 is 0 Å². The predicted molar refractivity (Wildman–Crippen MR) is 106 cm³/mol. The molecule has 0 unspecified atom stereocenters. The summed E-state index contributed by atoms with van der Waals surface area (Å²) in [6.45, 7) is 13.0. The number of nitrogens with zero attached hydrogens (tertiary/aromatic N) is 4. The maximum atomic E-state index is 13.0. The minimum Gasteiger partial charge on any atom is -0.354 e. The Morgan fingerprint density at radius 3 is 2.46 bits per heavy atom. The van der Waals surface area contributed by atoms with E-state index in [1.807, 2.05) is 6.92 Å². The quantitative estimate of drug-likeness (QED) is 0.758. The van der Waals surface area contributed by atoms with Gasteiger partial charge in [-0.15, -0.1) is 0 Å². The summed E-state index contributed by atoms with van der Waals surface area (Å²) in [5.74, 6) is 1.63. The van der Waals surface area contributed by atoms with E-state index in [1.165, 1.54) is 0 Å². The smallest absolute Gasteiger partial charge is 0.190 e. The van der Waals surface area contributed by atoms with Gasteiger partial charge in [-0.2, -0.15) is 0 Å². The third kappa shape index (κ3) is 2.68. The Morgan fingerprint density at radius 2 is 1.85 bits per heavy atom. The number of ketones is 1. The molecule has 2 bridgehead atoms. The van der Waals surface area contributed by atoms with Crippen molar-refractivity contribution in [1.29, 1.82) is 0 Å². The molecule has 0 radical (unpaired) electrons. The van der Waals surface area contributed by atoms with E-state index in [-0.39, 0.29) is 22.0 Å². The lowest BCUT2D eigenvalue weighted by Gasteiger charge is -2.37. The van der Waals surface area contributed by atoms with E-state index in [0.29, 0.717) is 5.78 Å². The summed E-state index contributed by atoms with van der Waals surface area (Å²) in [5.41, 5.74) is 1.10. The number of aromatic nitrogens is 2. The molecule has 3 atom stereocenters. The van der Waals surface area contributed by atoms with E-state index in [9.17, 15) is 4.79 Å². The summed E-state index contributed by atoms with van der Waals surface area (Å²) in [5, 5.41) is 0.750. The van der Waals surface area contributed by atoms with E-state index in [2.05, 4.69) is 48.7 Å². The summed E-state index contributed by atoms with van der Waals surface area (Å²) in [4.78, 5) is 27.2. The largest absolute Gasteiger partial charge is 0.354 e. The molecule has 2 aliphatic carbocycles. The van der Waals surface area contributed by atoms with Crippen molar-refractivity contribution in [2.75, 3.05) is 38.1 Å². The fourth-order valence-corrected chi connectivity index (χ4v) is 6.57. The van der Waals surface area contributed by atoms with Crippen LogP contribution in [-0.2, 0) is 4.79 Å². The molecule has 4 rings (SSSR count). The molecule has 142 valence electrons. The predicted octanol–water partition coefficient (Wildman–Crippen LogP) is 3.02. The molecule has 1 aliphatic heterocycles. The van der Waals surface area contributed by atoms with Crippen LogP contribution in [0.15, 0.2) is 11.2 Å². The zero-order valence-corrected chi connectivity index (χ0v) is 17.4. The van der Waals surface area contributed by atoms with Crippen LogP contribution >= 0.6 is 11.8 Å². The molecule has 3 aliphatic rings. The summed E-state index contributed by atoms with van der Waals surface area (Å²) >= 11 is 1.61. The first-order valence-electron chi connectivity index (χ1n) is 9.72. The summed E-state index contributed by atoms with van der Waals surface area (Å²) in [6, 6.07) is 2.07. The Bertz CT molecular complexity index is 729. The lowest BCUT2D eigenvalue weighted by Crippen LogP contribution is -2.45. The average molecular weight is 375 g/mol. The molecule has 0 aromatic carbocycles. The SMILES string of the molecule is Cc1cc(N2CCN(C)CC2)nc(S[C@H]2C(=O)[C@@H]3CC[C@]2(C)C3(C)C)n1. The van der Waals surface area contributed by atoms with Crippen molar-refractivity contribution in [3.05, 3.63) is 11.8 Å². The van der Waals surface area contributed by atoms with Crippen LogP contribution in [0, 0.1) is 23.7 Å². The van der Waals surface area contributed by atoms with E-state index in [0.717, 1.165) is 55.7 Å². The van der Waals surface area contributed by atoms with Crippen LogP contribution in [0.5, 0.6) is 0 Å². The number of hydrogen-bond donors (Lipinski definition) is 0. The van der Waals surface area contributed by atoms with Crippen LogP contribution in [-0.4, -0.2) is 59.1 Å². The van der Waals surface area contributed by atoms with Gasteiger partial charge in [-0.05, 0) is 37.6 Å². The minimum absolute atomic E-state index is 0.0154. The van der Waals surface area contributed by atoms with Gasteiger partial charge in [0.2, 0.25) is 0 Å². The topological polar surface area (TPSA) is 49.3 Å². The van der Waals surface area contributed by atoms with Crippen LogP contribution in [0.3, 0.4) is 0 Å². The Morgan fingerprint density at radius 1 is 1.15 bits per heavy atom. The Kier molecular flexibility index (Phi) is 4.35. The molecule has 2 saturated carbocycles. The molecule has 26 heavy (non-hydrogen) atoms. The Hall–Kier alpha value is -1.14. The van der Waals surface area contributed by atoms with Crippen molar-refractivity contribution < 1.29 is 4.79 Å². The molecule has 0 amide bonds. The number of carbonyl (C=O) groups is 1. The van der Waals surface area contributed by atoms with Gasteiger partial charge in [-0.1, -0.05) is 32.5 Å². The third-order valence-corrected chi connectivity index (χ3v) is 8.73. The molecule has 1 aromatic heterocycles. The van der Waals surface area contributed by atoms with Crippen LogP contribution in [0.1, 0.15) is 39.3 Å². The molecular formula is C20H30N4OS. The number of piperazine rings is 1. The molecule has 0 spiro atoms. The van der Waals surface area contributed by atoms with E-state index in [4.69, 9.17) is 4.98 Å². The summed E-state index contributed by atoms with van der Waals surface area (Å²) < 4.78 is 0. The van der Waals surface area contributed by atoms with Crippen molar-refractivity contribution in [1.82, 2.24) is 14.9 Å². The number of fused-ring (bicyclic) bond motifs is 2. The highest BCUT2D eigenvalue weighted by Crippen LogP contribution is 2.67. The Balaban J connectivity index is 1.58. The van der Waals surface area contributed by atoms with Gasteiger partial charge >= 0.3 is 0 Å².